The number of para-hydroxylation sites is 2. The number of carbonyl (C=O) groups is 1. The van der Waals surface area contributed by atoms with Gasteiger partial charge in [0.25, 0.3) is 0 Å². The minimum atomic E-state index is 0.1000. The van der Waals surface area contributed by atoms with Gasteiger partial charge in [-0.25, -0.2) is 9.67 Å². The lowest BCUT2D eigenvalue weighted by atomic mass is 10.3. The number of aryl methyl sites for hydroxylation is 1. The van der Waals surface area contributed by atoms with Crippen LogP contribution in [0.15, 0.2) is 24.3 Å². The molecule has 0 aliphatic rings. The number of aromatic hydroxyl groups is 1. The summed E-state index contributed by atoms with van der Waals surface area (Å²) in [4.78, 5) is 14.4. The highest BCUT2D eigenvalue weighted by molar-refractivity contribution is 5.68. The summed E-state index contributed by atoms with van der Waals surface area (Å²) in [5.41, 5.74) is 0.510. The van der Waals surface area contributed by atoms with Crippen molar-refractivity contribution < 1.29 is 9.90 Å². The smallest absolute Gasteiger partial charge is 0.214 e. The molecule has 15 heavy (non-hydrogen) atoms. The zero-order chi connectivity index (χ0) is 10.8. The lowest BCUT2D eigenvalue weighted by Crippen LogP contribution is -1.99. The first kappa shape index (κ1) is 9.39. The summed E-state index contributed by atoms with van der Waals surface area (Å²) in [6, 6.07) is 6.74. The van der Waals surface area contributed by atoms with Gasteiger partial charge in [0.15, 0.2) is 6.29 Å². The van der Waals surface area contributed by atoms with Crippen LogP contribution >= 0.6 is 0 Å². The van der Waals surface area contributed by atoms with Crippen molar-refractivity contribution in [1.29, 1.82) is 0 Å². The van der Waals surface area contributed by atoms with E-state index < -0.39 is 0 Å². The molecule has 2 aromatic rings. The molecule has 5 nitrogen and oxygen atoms in total. The Hall–Kier alpha value is -2.17. The molecule has 1 heterocycles. The van der Waals surface area contributed by atoms with E-state index in [1.807, 2.05) is 0 Å². The van der Waals surface area contributed by atoms with Gasteiger partial charge in [-0.1, -0.05) is 12.1 Å². The Kier molecular flexibility index (Phi) is 2.21. The Morgan fingerprint density at radius 2 is 2.13 bits per heavy atom. The van der Waals surface area contributed by atoms with Crippen molar-refractivity contribution in [2.75, 3.05) is 0 Å². The maximum atomic E-state index is 10.5. The van der Waals surface area contributed by atoms with Crippen LogP contribution in [0.25, 0.3) is 5.69 Å². The minimum Gasteiger partial charge on any atom is -0.506 e. The molecule has 0 aliphatic heterocycles. The second kappa shape index (κ2) is 3.53. The molecule has 0 fully saturated rings. The van der Waals surface area contributed by atoms with E-state index in [9.17, 15) is 9.90 Å². The predicted octanol–water partition coefficient (Wildman–Crippen LogP) is 1.09. The van der Waals surface area contributed by atoms with Gasteiger partial charge in [0.2, 0.25) is 5.82 Å². The number of phenolic OH excluding ortho intramolecular Hbond substituents is 1. The van der Waals surface area contributed by atoms with Gasteiger partial charge in [-0.2, -0.15) is 0 Å². The summed E-state index contributed by atoms with van der Waals surface area (Å²) in [6.45, 7) is 1.71. The SMILES string of the molecule is Cc1nc(C=O)nn1-c1ccccc1O. The molecule has 0 aliphatic carbocycles. The lowest BCUT2D eigenvalue weighted by molar-refractivity contribution is 0.111. The molecule has 0 atom stereocenters. The summed E-state index contributed by atoms with van der Waals surface area (Å²) >= 11 is 0. The van der Waals surface area contributed by atoms with E-state index >= 15 is 0 Å². The number of nitrogens with zero attached hydrogens (tertiary/aromatic N) is 3. The largest absolute Gasteiger partial charge is 0.506 e. The van der Waals surface area contributed by atoms with Crippen molar-refractivity contribution >= 4 is 6.29 Å². The standard InChI is InChI=1S/C10H9N3O2/c1-7-11-10(6-14)12-13(7)8-4-2-3-5-9(8)15/h2-6,15H,1H3. The third-order valence-corrected chi connectivity index (χ3v) is 2.00. The molecule has 76 valence electrons. The van der Waals surface area contributed by atoms with Crippen LogP contribution in [0.3, 0.4) is 0 Å². The molecule has 0 saturated heterocycles. The van der Waals surface area contributed by atoms with Gasteiger partial charge >= 0.3 is 0 Å². The Balaban J connectivity index is 2.58. The monoisotopic (exact) mass is 203 g/mol. The van der Waals surface area contributed by atoms with Crippen molar-refractivity contribution in [2.45, 2.75) is 6.92 Å². The number of aldehydes is 1. The number of benzene rings is 1. The maximum absolute atomic E-state index is 10.5. The highest BCUT2D eigenvalue weighted by Crippen LogP contribution is 2.20. The van der Waals surface area contributed by atoms with Crippen LogP contribution in [-0.2, 0) is 0 Å². The third kappa shape index (κ3) is 1.59. The maximum Gasteiger partial charge on any atom is 0.214 e. The van der Waals surface area contributed by atoms with Crippen LogP contribution in [0.5, 0.6) is 5.75 Å². The van der Waals surface area contributed by atoms with Gasteiger partial charge in [0, 0.05) is 0 Å². The number of carbonyl (C=O) groups excluding carboxylic acids is 1. The Morgan fingerprint density at radius 1 is 1.40 bits per heavy atom. The average molecular weight is 203 g/mol. The first-order valence-corrected chi connectivity index (χ1v) is 4.39. The molecule has 0 radical (unpaired) electrons. The average Bonchev–Trinajstić information content (AvgIpc) is 2.60. The molecule has 1 N–H and O–H groups in total. The molecule has 0 saturated carbocycles. The van der Waals surface area contributed by atoms with Crippen molar-refractivity contribution in [3.8, 4) is 11.4 Å². The number of aromatic nitrogens is 3. The zero-order valence-electron chi connectivity index (χ0n) is 8.08. The van der Waals surface area contributed by atoms with Gasteiger partial charge in [-0.05, 0) is 19.1 Å². The van der Waals surface area contributed by atoms with E-state index in [2.05, 4.69) is 10.1 Å². The van der Waals surface area contributed by atoms with Gasteiger partial charge < -0.3 is 5.11 Å². The normalized spacial score (nSPS) is 10.2. The molecule has 5 heteroatoms. The first-order valence-electron chi connectivity index (χ1n) is 4.39. The molecular weight excluding hydrogens is 194 g/mol. The van der Waals surface area contributed by atoms with Crippen LogP contribution in [-0.4, -0.2) is 26.2 Å². The summed E-state index contributed by atoms with van der Waals surface area (Å²) in [6.07, 6.45) is 0.573. The molecule has 0 unspecified atom stereocenters. The number of hydrogen-bond donors (Lipinski definition) is 1. The molecule has 2 rings (SSSR count). The van der Waals surface area contributed by atoms with Crippen LogP contribution in [0.1, 0.15) is 16.4 Å². The number of rotatable bonds is 2. The van der Waals surface area contributed by atoms with Crippen LogP contribution in [0.4, 0.5) is 0 Å². The van der Waals surface area contributed by atoms with E-state index in [0.29, 0.717) is 17.8 Å². The molecule has 0 spiro atoms. The summed E-state index contributed by atoms with van der Waals surface area (Å²) in [7, 11) is 0. The van der Waals surface area contributed by atoms with E-state index in [1.54, 1.807) is 31.2 Å². The minimum absolute atomic E-state index is 0.1000. The molecule has 1 aromatic heterocycles. The quantitative estimate of drug-likeness (QED) is 0.742. The third-order valence-electron chi connectivity index (χ3n) is 2.00. The van der Waals surface area contributed by atoms with Crippen molar-refractivity contribution in [2.24, 2.45) is 0 Å². The molecule has 1 aromatic carbocycles. The van der Waals surface area contributed by atoms with Crippen LogP contribution in [0, 0.1) is 6.92 Å². The highest BCUT2D eigenvalue weighted by Gasteiger charge is 2.09. The Bertz CT molecular complexity index is 505. The number of phenols is 1. The molecule has 0 bridgehead atoms. The molecular formula is C10H9N3O2. The lowest BCUT2D eigenvalue weighted by Gasteiger charge is -2.04. The summed E-state index contributed by atoms with van der Waals surface area (Å²) in [5, 5.41) is 13.5. The number of hydrogen-bond acceptors (Lipinski definition) is 4. The van der Waals surface area contributed by atoms with E-state index in [4.69, 9.17) is 0 Å². The van der Waals surface area contributed by atoms with Gasteiger partial charge in [0.05, 0.1) is 0 Å². The fraction of sp³-hybridized carbons (Fsp3) is 0.100. The first-order chi connectivity index (χ1) is 7.22. The Labute approximate surface area is 86.0 Å². The predicted molar refractivity (Wildman–Crippen MR) is 53.1 cm³/mol. The second-order valence-electron chi connectivity index (χ2n) is 3.04. The molecule has 0 amide bonds. The Morgan fingerprint density at radius 3 is 2.73 bits per heavy atom. The van der Waals surface area contributed by atoms with Crippen molar-refractivity contribution in [1.82, 2.24) is 14.8 Å². The van der Waals surface area contributed by atoms with Crippen LogP contribution < -0.4 is 0 Å². The van der Waals surface area contributed by atoms with Crippen LogP contribution in [0.2, 0.25) is 0 Å². The van der Waals surface area contributed by atoms with E-state index in [1.165, 1.54) is 4.68 Å². The zero-order valence-corrected chi connectivity index (χ0v) is 8.08. The fourth-order valence-corrected chi connectivity index (χ4v) is 1.33. The van der Waals surface area contributed by atoms with E-state index in [0.717, 1.165) is 0 Å². The summed E-state index contributed by atoms with van der Waals surface area (Å²) in [5.74, 6) is 0.761. The van der Waals surface area contributed by atoms with Crippen molar-refractivity contribution in [3.63, 3.8) is 0 Å². The van der Waals surface area contributed by atoms with Gasteiger partial charge in [-0.3, -0.25) is 4.79 Å². The van der Waals surface area contributed by atoms with Gasteiger partial charge in [0.1, 0.15) is 17.3 Å². The summed E-state index contributed by atoms with van der Waals surface area (Å²) < 4.78 is 1.43. The topological polar surface area (TPSA) is 68.0 Å². The second-order valence-corrected chi connectivity index (χ2v) is 3.04. The van der Waals surface area contributed by atoms with E-state index in [-0.39, 0.29) is 11.6 Å². The van der Waals surface area contributed by atoms with Gasteiger partial charge in [-0.15, -0.1) is 5.10 Å². The highest BCUT2D eigenvalue weighted by atomic mass is 16.3. The fourth-order valence-electron chi connectivity index (χ4n) is 1.33. The van der Waals surface area contributed by atoms with Crippen molar-refractivity contribution in [3.05, 3.63) is 35.9 Å².